The number of hydrogen-bond acceptors (Lipinski definition) is 8. The molecule has 5 atom stereocenters. The highest BCUT2D eigenvalue weighted by Crippen LogP contribution is 2.31. The predicted octanol–water partition coefficient (Wildman–Crippen LogP) is 7.47. The number of ether oxygens (including phenoxy) is 4. The van der Waals surface area contributed by atoms with Crippen LogP contribution in [0.25, 0.3) is 10.8 Å². The summed E-state index contributed by atoms with van der Waals surface area (Å²) in [7, 11) is 3.31. The first-order chi connectivity index (χ1) is 24.5. The number of nitrogens with zero attached hydrogens (tertiary/aromatic N) is 2. The van der Waals surface area contributed by atoms with Crippen LogP contribution in [0.2, 0.25) is 0 Å². The molecule has 0 spiro atoms. The van der Waals surface area contributed by atoms with E-state index in [0.717, 1.165) is 76.3 Å². The number of ketones is 1. The van der Waals surface area contributed by atoms with E-state index in [0.29, 0.717) is 37.1 Å². The van der Waals surface area contributed by atoms with E-state index in [1.54, 1.807) is 14.2 Å². The van der Waals surface area contributed by atoms with E-state index in [4.69, 9.17) is 18.9 Å². The van der Waals surface area contributed by atoms with Crippen LogP contribution in [0.15, 0.2) is 60.7 Å². The van der Waals surface area contributed by atoms with Crippen LogP contribution in [0.3, 0.4) is 0 Å². The molecule has 288 valence electrons. The van der Waals surface area contributed by atoms with Crippen molar-refractivity contribution in [3.05, 3.63) is 71.8 Å². The Morgan fingerprint density at radius 2 is 1.37 bits per heavy atom. The van der Waals surface area contributed by atoms with Crippen molar-refractivity contribution in [3.8, 4) is 11.5 Å². The van der Waals surface area contributed by atoms with Crippen LogP contribution < -0.4 is 9.47 Å². The Morgan fingerprint density at radius 3 is 2.02 bits per heavy atom. The first-order valence-corrected chi connectivity index (χ1v) is 19.1. The smallest absolute Gasteiger partial charge is 0.160 e. The van der Waals surface area contributed by atoms with Crippen LogP contribution in [0, 0.1) is 0 Å². The van der Waals surface area contributed by atoms with Crippen molar-refractivity contribution in [2.24, 2.45) is 0 Å². The maximum Gasteiger partial charge on any atom is 0.160 e. The molecular weight excluding hydrogens is 699 g/mol. The van der Waals surface area contributed by atoms with Crippen molar-refractivity contribution in [1.82, 2.24) is 9.80 Å². The van der Waals surface area contributed by atoms with Gasteiger partial charge in [-0.1, -0.05) is 74.2 Å². The number of carbonyl (C=O) groups is 1. The van der Waals surface area contributed by atoms with Crippen LogP contribution in [0.5, 0.6) is 11.5 Å². The molecule has 3 aromatic carbocycles. The molecule has 2 saturated carbocycles. The van der Waals surface area contributed by atoms with Gasteiger partial charge in [-0.15, -0.1) is 24.8 Å². The Bertz CT molecular complexity index is 1520. The molecule has 2 aliphatic heterocycles. The molecule has 0 radical (unpaired) electrons. The third-order valence-corrected chi connectivity index (χ3v) is 11.3. The van der Waals surface area contributed by atoms with Gasteiger partial charge in [-0.05, 0) is 79.0 Å². The monoisotopic (exact) mass is 758 g/mol. The largest absolute Gasteiger partial charge is 0.493 e. The molecule has 4 aliphatic rings. The van der Waals surface area contributed by atoms with Gasteiger partial charge >= 0.3 is 0 Å². The van der Waals surface area contributed by atoms with E-state index in [-0.39, 0.29) is 37.0 Å². The molecule has 8 nitrogen and oxygen atoms in total. The second kappa shape index (κ2) is 21.5. The van der Waals surface area contributed by atoms with Crippen molar-refractivity contribution >= 4 is 41.4 Å². The highest BCUT2D eigenvalue weighted by atomic mass is 35.5. The molecule has 2 unspecified atom stereocenters. The molecule has 0 amide bonds. The van der Waals surface area contributed by atoms with Crippen LogP contribution in [0.4, 0.5) is 0 Å². The molecular formula is C42H60Cl2N2O6. The molecule has 52 heavy (non-hydrogen) atoms. The number of β-amino-alcohol motifs (C(OH)–C–C–N with tert-alkyl or cyclic N) is 1. The number of aliphatic hydroxyl groups is 1. The zero-order chi connectivity index (χ0) is 34.7. The molecule has 7 rings (SSSR count). The van der Waals surface area contributed by atoms with Gasteiger partial charge in [-0.2, -0.15) is 0 Å². The molecule has 1 N–H and O–H groups in total. The van der Waals surface area contributed by atoms with E-state index in [1.165, 1.54) is 60.4 Å². The standard InChI is InChI=1S/C22H27NO2.C20H31NO4.2ClH/c24-19-12-14-23(16-19)21-10-3-4-11-22(21)25-15-13-18-8-5-7-17-6-1-2-9-20(17)18;1-23-19-8-7-15(13-20(19)24-2)10-12-25-18-6-4-3-5-17(18)21-11-9-16(22)14-21;;/h1-2,5-9,21-22H,3-4,10-16H2;7-8,13,16-18,22H,3-6,9-12,14H2,1-2H3;2*1H/t21-,22+;16?,17?,18-;;/m10../s1. The van der Waals surface area contributed by atoms with E-state index in [9.17, 15) is 9.90 Å². The van der Waals surface area contributed by atoms with Crippen molar-refractivity contribution < 1.29 is 28.8 Å². The summed E-state index contributed by atoms with van der Waals surface area (Å²) in [5, 5.41) is 12.5. The summed E-state index contributed by atoms with van der Waals surface area (Å²) in [6, 6.07) is 22.0. The van der Waals surface area contributed by atoms with Gasteiger partial charge in [-0.3, -0.25) is 14.6 Å². The number of likely N-dealkylation sites (tertiary alicyclic amines) is 2. The Morgan fingerprint density at radius 1 is 0.712 bits per heavy atom. The minimum Gasteiger partial charge on any atom is -0.493 e. The van der Waals surface area contributed by atoms with Crippen molar-refractivity contribution in [1.29, 1.82) is 0 Å². The number of benzene rings is 3. The number of aliphatic hydroxyl groups excluding tert-OH is 1. The second-order valence-corrected chi connectivity index (χ2v) is 14.5. The minimum absolute atomic E-state index is 0. The van der Waals surface area contributed by atoms with Crippen molar-refractivity contribution in [2.45, 2.75) is 107 Å². The lowest BCUT2D eigenvalue weighted by atomic mass is 9.91. The summed E-state index contributed by atoms with van der Waals surface area (Å²) < 4.78 is 23.3. The SMILES string of the molecule is COc1ccc(CCO[C@H]2CCCCC2N2CCC(O)C2)cc1OC.Cl.Cl.O=C1CCN([C@@H]2CCCC[C@@H]2OCCc2cccc3ccccc23)C1. The first-order valence-electron chi connectivity index (χ1n) is 19.1. The Kier molecular flexibility index (Phi) is 17.5. The van der Waals surface area contributed by atoms with E-state index < -0.39 is 0 Å². The van der Waals surface area contributed by atoms with Crippen LogP contribution in [0.1, 0.15) is 75.3 Å². The number of carbonyl (C=O) groups excluding carboxylic acids is 1. The van der Waals surface area contributed by atoms with Gasteiger partial charge in [0.2, 0.25) is 0 Å². The van der Waals surface area contributed by atoms with Crippen LogP contribution >= 0.6 is 24.8 Å². The van der Waals surface area contributed by atoms with Gasteiger partial charge in [0.1, 0.15) is 5.78 Å². The fourth-order valence-corrected chi connectivity index (χ4v) is 8.58. The third-order valence-electron chi connectivity index (χ3n) is 11.3. The summed E-state index contributed by atoms with van der Waals surface area (Å²) in [6.45, 7) is 4.84. The van der Waals surface area contributed by atoms with Crippen molar-refractivity contribution in [2.75, 3.05) is 53.6 Å². The fraction of sp³-hybridized carbons (Fsp3) is 0.595. The number of methoxy groups -OCH3 is 2. The summed E-state index contributed by atoms with van der Waals surface area (Å²) >= 11 is 0. The Labute approximate surface area is 323 Å². The average Bonchev–Trinajstić information content (AvgIpc) is 3.80. The topological polar surface area (TPSA) is 80.7 Å². The normalized spacial score (nSPS) is 25.1. The molecule has 2 heterocycles. The quantitative estimate of drug-likeness (QED) is 0.204. The molecule has 3 aromatic rings. The van der Waals surface area contributed by atoms with Gasteiger partial charge in [0.05, 0.1) is 52.3 Å². The third kappa shape index (κ3) is 11.3. The zero-order valence-electron chi connectivity index (χ0n) is 31.1. The first kappa shape index (κ1) is 42.3. The molecule has 10 heteroatoms. The highest BCUT2D eigenvalue weighted by Gasteiger charge is 2.35. The van der Waals surface area contributed by atoms with Crippen LogP contribution in [-0.2, 0) is 27.1 Å². The highest BCUT2D eigenvalue weighted by molar-refractivity contribution is 5.86. The maximum absolute atomic E-state index is 11.6. The summed E-state index contributed by atoms with van der Waals surface area (Å²) in [5.74, 6) is 1.91. The molecule has 0 aromatic heterocycles. The van der Waals surface area contributed by atoms with Gasteiger partial charge in [0, 0.05) is 38.1 Å². The second-order valence-electron chi connectivity index (χ2n) is 14.5. The van der Waals surface area contributed by atoms with Gasteiger partial charge in [0.15, 0.2) is 11.5 Å². The number of Topliss-reactive ketones (excluding diaryl/α,β-unsaturated/α-hetero) is 1. The van der Waals surface area contributed by atoms with Gasteiger partial charge in [0.25, 0.3) is 0 Å². The lowest BCUT2D eigenvalue weighted by Gasteiger charge is -2.37. The summed E-state index contributed by atoms with van der Waals surface area (Å²) in [5.41, 5.74) is 2.56. The summed E-state index contributed by atoms with van der Waals surface area (Å²) in [6.07, 6.45) is 13.5. The van der Waals surface area contributed by atoms with Gasteiger partial charge < -0.3 is 24.1 Å². The van der Waals surface area contributed by atoms with E-state index in [1.807, 2.05) is 12.1 Å². The summed E-state index contributed by atoms with van der Waals surface area (Å²) in [4.78, 5) is 16.4. The molecule has 2 saturated heterocycles. The predicted molar refractivity (Wildman–Crippen MR) is 213 cm³/mol. The fourth-order valence-electron chi connectivity index (χ4n) is 8.58. The Hall–Kier alpha value is -2.43. The zero-order valence-corrected chi connectivity index (χ0v) is 32.7. The number of fused-ring (bicyclic) bond motifs is 1. The average molecular weight is 760 g/mol. The lowest BCUT2D eigenvalue weighted by Crippen LogP contribution is -2.46. The van der Waals surface area contributed by atoms with E-state index >= 15 is 0 Å². The number of hydrogen-bond donors (Lipinski definition) is 1. The number of halogens is 2. The lowest BCUT2D eigenvalue weighted by molar-refractivity contribution is -0.117. The molecule has 2 aliphatic carbocycles. The van der Waals surface area contributed by atoms with Crippen molar-refractivity contribution in [3.63, 3.8) is 0 Å². The van der Waals surface area contributed by atoms with Crippen LogP contribution in [-0.4, -0.2) is 105 Å². The maximum atomic E-state index is 11.6. The number of rotatable bonds is 12. The molecule has 4 fully saturated rings. The van der Waals surface area contributed by atoms with Gasteiger partial charge in [-0.25, -0.2) is 0 Å². The molecule has 0 bridgehead atoms. The van der Waals surface area contributed by atoms with E-state index in [2.05, 4.69) is 58.3 Å². The minimum atomic E-state index is -0.158. The Balaban J connectivity index is 0.000000224.